The third-order valence-electron chi connectivity index (χ3n) is 2.19. The second-order valence-electron chi connectivity index (χ2n) is 3.78. The number of anilines is 1. The zero-order valence-electron chi connectivity index (χ0n) is 10.2. The van der Waals surface area contributed by atoms with Crippen LogP contribution in [0, 0.1) is 0 Å². The highest BCUT2D eigenvalue weighted by Gasteiger charge is 2.35. The number of carbonyl (C=O) groups is 1. The van der Waals surface area contributed by atoms with Crippen molar-refractivity contribution in [3.05, 3.63) is 45.9 Å². The van der Waals surface area contributed by atoms with Crippen LogP contribution in [-0.2, 0) is 11.0 Å². The van der Waals surface area contributed by atoms with Crippen molar-refractivity contribution in [1.82, 2.24) is 10.2 Å². The summed E-state index contributed by atoms with van der Waals surface area (Å²) in [4.78, 5) is 11.5. The topological polar surface area (TPSA) is 54.9 Å². The molecule has 1 N–H and O–H groups in total. The van der Waals surface area contributed by atoms with E-state index in [0.29, 0.717) is 5.02 Å². The minimum Gasteiger partial charge on any atom is -0.297 e. The number of benzene rings is 1. The summed E-state index contributed by atoms with van der Waals surface area (Å²) in [5, 5.41) is 7.66. The van der Waals surface area contributed by atoms with Crippen LogP contribution in [0.25, 0.3) is 6.08 Å². The van der Waals surface area contributed by atoms with Gasteiger partial charge in [-0.1, -0.05) is 35.1 Å². The second-order valence-corrected chi connectivity index (χ2v) is 5.20. The normalized spacial score (nSPS) is 11.8. The van der Waals surface area contributed by atoms with Gasteiger partial charge in [0.1, 0.15) is 0 Å². The molecule has 0 spiro atoms. The fourth-order valence-electron chi connectivity index (χ4n) is 1.28. The molecule has 0 atom stereocenters. The van der Waals surface area contributed by atoms with Gasteiger partial charge in [0, 0.05) is 11.1 Å². The molecular formula is C12H7ClF3N3OS. The molecule has 0 saturated carbocycles. The molecule has 9 heteroatoms. The van der Waals surface area contributed by atoms with E-state index < -0.39 is 17.1 Å². The van der Waals surface area contributed by atoms with Crippen molar-refractivity contribution in [1.29, 1.82) is 0 Å². The molecule has 1 aromatic heterocycles. The summed E-state index contributed by atoms with van der Waals surface area (Å²) in [6, 6.07) is 6.69. The molecule has 1 amide bonds. The zero-order valence-corrected chi connectivity index (χ0v) is 11.8. The third-order valence-corrected chi connectivity index (χ3v) is 3.33. The van der Waals surface area contributed by atoms with E-state index in [1.54, 1.807) is 24.3 Å². The number of hydrogen-bond acceptors (Lipinski definition) is 4. The van der Waals surface area contributed by atoms with Crippen LogP contribution >= 0.6 is 22.9 Å². The maximum absolute atomic E-state index is 12.3. The standard InChI is InChI=1S/C12H7ClF3N3OS/c13-8-4-1-7(2-5-8)3-6-9(20)17-11-19-18-10(21-11)12(14,15)16/h1-6H,(H,17,19,20)/b6-3+. The van der Waals surface area contributed by atoms with E-state index in [-0.39, 0.29) is 16.5 Å². The van der Waals surface area contributed by atoms with Crippen molar-refractivity contribution in [3.8, 4) is 0 Å². The predicted molar refractivity (Wildman–Crippen MR) is 74.0 cm³/mol. The van der Waals surface area contributed by atoms with Crippen molar-refractivity contribution in [3.63, 3.8) is 0 Å². The molecule has 0 fully saturated rings. The summed E-state index contributed by atoms with van der Waals surface area (Å²) in [5.74, 6) is -0.602. The highest BCUT2D eigenvalue weighted by Crippen LogP contribution is 2.32. The molecule has 0 bridgehead atoms. The van der Waals surface area contributed by atoms with E-state index in [1.807, 2.05) is 0 Å². The largest absolute Gasteiger partial charge is 0.445 e. The Bertz CT molecular complexity index is 667. The minimum absolute atomic E-state index is 0.215. The maximum atomic E-state index is 12.3. The molecular weight excluding hydrogens is 327 g/mol. The number of amides is 1. The first-order chi connectivity index (χ1) is 9.84. The number of rotatable bonds is 3. The van der Waals surface area contributed by atoms with Gasteiger partial charge in [0.05, 0.1) is 0 Å². The van der Waals surface area contributed by atoms with Gasteiger partial charge in [-0.25, -0.2) is 0 Å². The average molecular weight is 334 g/mol. The molecule has 0 unspecified atom stereocenters. The molecule has 1 heterocycles. The van der Waals surface area contributed by atoms with E-state index >= 15 is 0 Å². The summed E-state index contributed by atoms with van der Waals surface area (Å²) in [5.41, 5.74) is 0.725. The lowest BCUT2D eigenvalue weighted by Crippen LogP contribution is -2.07. The van der Waals surface area contributed by atoms with Gasteiger partial charge < -0.3 is 0 Å². The van der Waals surface area contributed by atoms with Crippen LogP contribution in [0.5, 0.6) is 0 Å². The molecule has 0 radical (unpaired) electrons. The lowest BCUT2D eigenvalue weighted by molar-refractivity contribution is -0.138. The van der Waals surface area contributed by atoms with Gasteiger partial charge in [-0.15, -0.1) is 10.2 Å². The summed E-state index contributed by atoms with van der Waals surface area (Å²) in [6.07, 6.45) is -1.89. The second kappa shape index (κ2) is 6.23. The SMILES string of the molecule is O=C(/C=C/c1ccc(Cl)cc1)Nc1nnc(C(F)(F)F)s1. The van der Waals surface area contributed by atoms with Gasteiger partial charge in [0.15, 0.2) is 0 Å². The van der Waals surface area contributed by atoms with E-state index in [1.165, 1.54) is 12.2 Å². The van der Waals surface area contributed by atoms with Crippen LogP contribution in [0.15, 0.2) is 30.3 Å². The van der Waals surface area contributed by atoms with Crippen LogP contribution in [0.3, 0.4) is 0 Å². The van der Waals surface area contributed by atoms with Gasteiger partial charge in [-0.3, -0.25) is 10.1 Å². The van der Waals surface area contributed by atoms with Gasteiger partial charge in [-0.05, 0) is 23.8 Å². The number of alkyl halides is 3. The Morgan fingerprint density at radius 1 is 1.24 bits per heavy atom. The Morgan fingerprint density at radius 2 is 1.90 bits per heavy atom. The fraction of sp³-hybridized carbons (Fsp3) is 0.0833. The van der Waals surface area contributed by atoms with Crippen LogP contribution < -0.4 is 5.32 Å². The number of hydrogen-bond donors (Lipinski definition) is 1. The first kappa shape index (κ1) is 15.5. The Morgan fingerprint density at radius 3 is 2.48 bits per heavy atom. The number of halogens is 4. The summed E-state index contributed by atoms with van der Waals surface area (Å²) < 4.78 is 36.9. The first-order valence-corrected chi connectivity index (χ1v) is 6.69. The van der Waals surface area contributed by atoms with E-state index in [0.717, 1.165) is 5.56 Å². The third kappa shape index (κ3) is 4.54. The van der Waals surface area contributed by atoms with Crippen molar-refractivity contribution in [2.24, 2.45) is 0 Å². The zero-order chi connectivity index (χ0) is 15.5. The van der Waals surface area contributed by atoms with E-state index in [9.17, 15) is 18.0 Å². The minimum atomic E-state index is -4.57. The summed E-state index contributed by atoms with van der Waals surface area (Å²) in [7, 11) is 0. The lowest BCUT2D eigenvalue weighted by Gasteiger charge is -1.98. The first-order valence-electron chi connectivity index (χ1n) is 5.50. The van der Waals surface area contributed by atoms with Gasteiger partial charge in [-0.2, -0.15) is 13.2 Å². The smallest absolute Gasteiger partial charge is 0.297 e. The molecule has 2 aromatic rings. The van der Waals surface area contributed by atoms with E-state index in [2.05, 4.69) is 15.5 Å². The number of nitrogens with zero attached hydrogens (tertiary/aromatic N) is 2. The van der Waals surface area contributed by atoms with Crippen LogP contribution in [-0.4, -0.2) is 16.1 Å². The highest BCUT2D eigenvalue weighted by atomic mass is 35.5. The van der Waals surface area contributed by atoms with Crippen LogP contribution in [0.4, 0.5) is 18.3 Å². The Kier molecular flexibility index (Phi) is 4.59. The summed E-state index contributed by atoms with van der Waals surface area (Å²) in [6.45, 7) is 0. The van der Waals surface area contributed by atoms with Crippen molar-refractivity contribution < 1.29 is 18.0 Å². The number of nitrogens with one attached hydrogen (secondary N) is 1. The molecule has 1 aromatic carbocycles. The molecule has 4 nitrogen and oxygen atoms in total. The molecule has 2 rings (SSSR count). The van der Waals surface area contributed by atoms with Gasteiger partial charge in [0.25, 0.3) is 0 Å². The van der Waals surface area contributed by atoms with E-state index in [4.69, 9.17) is 11.6 Å². The molecule has 21 heavy (non-hydrogen) atoms. The molecule has 0 aliphatic carbocycles. The Balaban J connectivity index is 1.98. The molecule has 0 aliphatic heterocycles. The maximum Gasteiger partial charge on any atom is 0.445 e. The molecule has 0 aliphatic rings. The fourth-order valence-corrected chi connectivity index (χ4v) is 2.02. The summed E-state index contributed by atoms with van der Waals surface area (Å²) >= 11 is 5.97. The van der Waals surface area contributed by atoms with Crippen molar-refractivity contribution in [2.75, 3.05) is 5.32 Å². The van der Waals surface area contributed by atoms with Crippen LogP contribution in [0.1, 0.15) is 10.6 Å². The average Bonchev–Trinajstić information content (AvgIpc) is 2.86. The molecule has 110 valence electrons. The lowest BCUT2D eigenvalue weighted by atomic mass is 10.2. The quantitative estimate of drug-likeness (QED) is 0.868. The van der Waals surface area contributed by atoms with Crippen molar-refractivity contribution >= 4 is 40.1 Å². The van der Waals surface area contributed by atoms with Crippen LogP contribution in [0.2, 0.25) is 5.02 Å². The van der Waals surface area contributed by atoms with Gasteiger partial charge in [0.2, 0.25) is 16.0 Å². The highest BCUT2D eigenvalue weighted by molar-refractivity contribution is 7.15. The van der Waals surface area contributed by atoms with Gasteiger partial charge >= 0.3 is 6.18 Å². The monoisotopic (exact) mass is 333 g/mol. The number of aromatic nitrogens is 2. The van der Waals surface area contributed by atoms with Crippen molar-refractivity contribution in [2.45, 2.75) is 6.18 Å². The Labute approximate surface area is 126 Å². The molecule has 0 saturated heterocycles. The number of carbonyl (C=O) groups excluding carboxylic acids is 1. The Hall–Kier alpha value is -1.93. The predicted octanol–water partition coefficient (Wildman–Crippen LogP) is 3.86.